The second kappa shape index (κ2) is 7.60. The Labute approximate surface area is 125 Å². The van der Waals surface area contributed by atoms with Crippen LogP contribution in [0.5, 0.6) is 0 Å². The van der Waals surface area contributed by atoms with Crippen molar-refractivity contribution in [2.24, 2.45) is 0 Å². The fourth-order valence-electron chi connectivity index (χ4n) is 1.69. The zero-order chi connectivity index (χ0) is 16.8. The third-order valence-corrected chi connectivity index (χ3v) is 2.35. The van der Waals surface area contributed by atoms with Crippen LogP contribution >= 0.6 is 0 Å². The molecule has 1 atom stereocenters. The molecule has 1 saturated heterocycles. The maximum absolute atomic E-state index is 11.8. The van der Waals surface area contributed by atoms with Crippen LogP contribution in [-0.4, -0.2) is 61.5 Å². The molecule has 0 aliphatic carbocycles. The lowest BCUT2D eigenvalue weighted by molar-refractivity contribution is -0.145. The van der Waals surface area contributed by atoms with Crippen molar-refractivity contribution in [3.63, 3.8) is 0 Å². The first-order chi connectivity index (χ1) is 9.35. The van der Waals surface area contributed by atoms with E-state index in [0.29, 0.717) is 19.2 Å². The predicted octanol–water partition coefficient (Wildman–Crippen LogP) is 1.06. The Hall–Kier alpha value is -1.35. The quantitative estimate of drug-likeness (QED) is 0.567. The summed E-state index contributed by atoms with van der Waals surface area (Å²) in [6.45, 7) is 5.95. The van der Waals surface area contributed by atoms with E-state index < -0.39 is 27.9 Å². The molecule has 0 aromatic carbocycles. The Morgan fingerprint density at radius 1 is 1.29 bits per heavy atom. The molecule has 9 heteroatoms. The van der Waals surface area contributed by atoms with Gasteiger partial charge >= 0.3 is 12.1 Å². The molecule has 0 bridgehead atoms. The Bertz CT molecular complexity index is 458. The number of rotatable bonds is 1. The van der Waals surface area contributed by atoms with E-state index in [4.69, 9.17) is 9.29 Å². The average molecular weight is 325 g/mol. The highest BCUT2D eigenvalue weighted by Crippen LogP contribution is 2.21. The van der Waals surface area contributed by atoms with Crippen molar-refractivity contribution >= 4 is 22.2 Å². The lowest BCUT2D eigenvalue weighted by atomic mass is 10.2. The van der Waals surface area contributed by atoms with Crippen molar-refractivity contribution in [2.45, 2.75) is 45.3 Å². The minimum Gasteiger partial charge on any atom is -0.467 e. The van der Waals surface area contributed by atoms with Crippen LogP contribution in [0, 0.1) is 0 Å². The van der Waals surface area contributed by atoms with Crippen LogP contribution in [0.25, 0.3) is 0 Å². The van der Waals surface area contributed by atoms with Crippen LogP contribution in [0.1, 0.15) is 33.6 Å². The molecule has 1 heterocycles. The number of ether oxygens (including phenoxy) is 2. The third kappa shape index (κ3) is 9.24. The highest BCUT2D eigenvalue weighted by atomic mass is 32.2. The Kier molecular flexibility index (Phi) is 7.11. The summed E-state index contributed by atoms with van der Waals surface area (Å²) in [6.07, 6.45) is 1.72. The number of esters is 1. The first kappa shape index (κ1) is 19.7. The number of carbonyl (C=O) groups is 2. The molecule has 1 rings (SSSR count). The van der Waals surface area contributed by atoms with Gasteiger partial charge in [0.1, 0.15) is 11.6 Å². The summed E-state index contributed by atoms with van der Waals surface area (Å²) in [5, 5.41) is 0. The van der Waals surface area contributed by atoms with Gasteiger partial charge in [0.2, 0.25) is 0 Å². The van der Waals surface area contributed by atoms with Crippen molar-refractivity contribution in [1.29, 1.82) is 0 Å². The fourth-order valence-corrected chi connectivity index (χ4v) is 1.69. The molecule has 0 radical (unpaired) electrons. The maximum Gasteiger partial charge on any atom is 0.411 e. The van der Waals surface area contributed by atoms with E-state index in [0.717, 1.165) is 6.42 Å². The highest BCUT2D eigenvalue weighted by molar-refractivity contribution is 7.85. The first-order valence-corrected chi connectivity index (χ1v) is 8.20. The van der Waals surface area contributed by atoms with Crippen LogP contribution in [-0.2, 0) is 24.4 Å². The number of hydrogen-bond acceptors (Lipinski definition) is 6. The zero-order valence-corrected chi connectivity index (χ0v) is 13.8. The van der Waals surface area contributed by atoms with E-state index in [1.807, 2.05) is 0 Å². The number of likely N-dealkylation sites (tertiary alicyclic amines) is 1. The van der Waals surface area contributed by atoms with Crippen molar-refractivity contribution < 1.29 is 32.0 Å². The van der Waals surface area contributed by atoms with Crippen molar-refractivity contribution in [2.75, 3.05) is 19.9 Å². The minimum absolute atomic E-state index is 0.372. The van der Waals surface area contributed by atoms with Crippen LogP contribution in [0.3, 0.4) is 0 Å². The summed E-state index contributed by atoms with van der Waals surface area (Å²) in [6, 6.07) is -0.486. The smallest absolute Gasteiger partial charge is 0.411 e. The minimum atomic E-state index is -3.67. The number of amides is 1. The Morgan fingerprint density at radius 2 is 1.76 bits per heavy atom. The Morgan fingerprint density at radius 3 is 2.14 bits per heavy atom. The second-order valence-corrected chi connectivity index (χ2v) is 7.05. The van der Waals surface area contributed by atoms with Gasteiger partial charge in [-0.1, -0.05) is 0 Å². The summed E-state index contributed by atoms with van der Waals surface area (Å²) in [4.78, 5) is 24.7. The molecule has 1 aliphatic heterocycles. The molecule has 0 saturated carbocycles. The molecule has 1 aliphatic rings. The summed E-state index contributed by atoms with van der Waals surface area (Å²) in [5.74, 6) is -0.372. The fraction of sp³-hybridized carbons (Fsp3) is 0.833. The molecule has 1 N–H and O–H groups in total. The van der Waals surface area contributed by atoms with Crippen molar-refractivity contribution in [1.82, 2.24) is 4.90 Å². The van der Waals surface area contributed by atoms with E-state index >= 15 is 0 Å². The van der Waals surface area contributed by atoms with Gasteiger partial charge in [-0.05, 0) is 33.6 Å². The largest absolute Gasteiger partial charge is 0.467 e. The highest BCUT2D eigenvalue weighted by Gasteiger charge is 2.37. The molecule has 0 aromatic rings. The number of methoxy groups -OCH3 is 1. The lowest BCUT2D eigenvalue weighted by Crippen LogP contribution is -2.43. The number of hydrogen-bond donors (Lipinski definition) is 1. The van der Waals surface area contributed by atoms with Gasteiger partial charge in [0.25, 0.3) is 10.1 Å². The van der Waals surface area contributed by atoms with Gasteiger partial charge < -0.3 is 9.47 Å². The molecule has 21 heavy (non-hydrogen) atoms. The van der Waals surface area contributed by atoms with E-state index in [1.165, 1.54) is 12.0 Å². The van der Waals surface area contributed by atoms with Gasteiger partial charge in [-0.3, -0.25) is 9.45 Å². The molecule has 8 nitrogen and oxygen atoms in total. The van der Waals surface area contributed by atoms with Crippen molar-refractivity contribution in [3.05, 3.63) is 0 Å². The Balaban J connectivity index is 0.000000690. The van der Waals surface area contributed by atoms with Crippen molar-refractivity contribution in [3.8, 4) is 0 Å². The summed E-state index contributed by atoms with van der Waals surface area (Å²) in [5.41, 5.74) is -0.541. The molecule has 1 fully saturated rings. The molecule has 0 aromatic heterocycles. The van der Waals surface area contributed by atoms with Gasteiger partial charge in [-0.25, -0.2) is 9.59 Å². The SMILES string of the molecule is COC(=O)[C@@H]1CCCN1C(=O)OC(C)(C)C.CS(=O)(=O)O. The number of carbonyl (C=O) groups excluding carboxylic acids is 2. The van der Waals surface area contributed by atoms with E-state index in [1.54, 1.807) is 20.8 Å². The van der Waals surface area contributed by atoms with Gasteiger partial charge in [0.15, 0.2) is 0 Å². The predicted molar refractivity (Wildman–Crippen MR) is 75.5 cm³/mol. The van der Waals surface area contributed by atoms with Crippen LogP contribution in [0.15, 0.2) is 0 Å². The van der Waals surface area contributed by atoms with Crippen LogP contribution in [0.2, 0.25) is 0 Å². The van der Waals surface area contributed by atoms with E-state index in [9.17, 15) is 18.0 Å². The second-order valence-electron chi connectivity index (χ2n) is 5.59. The van der Waals surface area contributed by atoms with Crippen LogP contribution < -0.4 is 0 Å². The normalized spacial score (nSPS) is 18.6. The third-order valence-electron chi connectivity index (χ3n) is 2.35. The maximum atomic E-state index is 11.8. The van der Waals surface area contributed by atoms with Gasteiger partial charge in [0.05, 0.1) is 13.4 Å². The van der Waals surface area contributed by atoms with E-state index in [-0.39, 0.29) is 5.97 Å². The van der Waals surface area contributed by atoms with Gasteiger partial charge in [-0.2, -0.15) is 8.42 Å². The molecule has 124 valence electrons. The monoisotopic (exact) mass is 325 g/mol. The summed E-state index contributed by atoms with van der Waals surface area (Å²) < 4.78 is 35.8. The van der Waals surface area contributed by atoms with Gasteiger partial charge in [0, 0.05) is 6.54 Å². The molecule has 1 amide bonds. The topological polar surface area (TPSA) is 110 Å². The first-order valence-electron chi connectivity index (χ1n) is 6.35. The standard InChI is InChI=1S/C11H19NO4.CH4O3S/c1-11(2,3)16-10(14)12-7-5-6-8(12)9(13)15-4;1-5(2,3)4/h8H,5-7H2,1-4H3;1H3,(H,2,3,4)/t8-;/m0./s1. The molecule has 0 unspecified atom stereocenters. The van der Waals surface area contributed by atoms with E-state index in [2.05, 4.69) is 4.74 Å². The molecular weight excluding hydrogens is 302 g/mol. The molecular formula is C12H23NO7S. The average Bonchev–Trinajstić information content (AvgIpc) is 2.72. The summed E-state index contributed by atoms with van der Waals surface area (Å²) >= 11 is 0. The van der Waals surface area contributed by atoms with Crippen LogP contribution in [0.4, 0.5) is 4.79 Å². The number of nitrogens with zero attached hydrogens (tertiary/aromatic N) is 1. The summed E-state index contributed by atoms with van der Waals surface area (Å²) in [7, 11) is -2.34. The molecule has 0 spiro atoms. The van der Waals surface area contributed by atoms with Gasteiger partial charge in [-0.15, -0.1) is 0 Å². The zero-order valence-electron chi connectivity index (χ0n) is 13.0. The lowest BCUT2D eigenvalue weighted by Gasteiger charge is -2.27.